The monoisotopic (exact) mass is 366 g/mol. The van der Waals surface area contributed by atoms with Crippen LogP contribution in [-0.2, 0) is 0 Å². The van der Waals surface area contributed by atoms with Gasteiger partial charge in [0.15, 0.2) is 5.78 Å². The molecule has 0 amide bonds. The second kappa shape index (κ2) is 7.10. The smallest absolute Gasteiger partial charge is 0.193 e. The first-order valence-corrected chi connectivity index (χ1v) is 7.92. The summed E-state index contributed by atoms with van der Waals surface area (Å²) in [5.41, 5.74) is 2.16. The third-order valence-electron chi connectivity index (χ3n) is 2.96. The van der Waals surface area contributed by atoms with E-state index < -0.39 is 0 Å². The van der Waals surface area contributed by atoms with Gasteiger partial charge >= 0.3 is 0 Å². The van der Waals surface area contributed by atoms with E-state index >= 15 is 0 Å². The van der Waals surface area contributed by atoms with Crippen molar-refractivity contribution in [2.75, 3.05) is 6.61 Å². The Bertz CT molecular complexity index is 648. The zero-order chi connectivity index (χ0) is 15.4. The normalized spacial score (nSPS) is 10.5. The van der Waals surface area contributed by atoms with Crippen LogP contribution in [0.3, 0.4) is 0 Å². The summed E-state index contributed by atoms with van der Waals surface area (Å²) in [5.74, 6) is 0.694. The Morgan fingerprint density at radius 2 is 1.95 bits per heavy atom. The molecule has 0 N–H and O–H groups in total. The van der Waals surface area contributed by atoms with E-state index in [-0.39, 0.29) is 5.78 Å². The van der Waals surface area contributed by atoms with E-state index in [4.69, 9.17) is 16.3 Å². The van der Waals surface area contributed by atoms with Gasteiger partial charge in [-0.1, -0.05) is 18.5 Å². The topological polar surface area (TPSA) is 26.3 Å². The molecule has 110 valence electrons. The third kappa shape index (κ3) is 4.08. The minimum absolute atomic E-state index is 0.0525. The first kappa shape index (κ1) is 16.1. The maximum Gasteiger partial charge on any atom is 0.193 e. The van der Waals surface area contributed by atoms with Gasteiger partial charge in [-0.25, -0.2) is 0 Å². The predicted molar refractivity (Wildman–Crippen MR) is 89.5 cm³/mol. The summed E-state index contributed by atoms with van der Waals surface area (Å²) in [6, 6.07) is 10.7. The van der Waals surface area contributed by atoms with Crippen LogP contribution in [-0.4, -0.2) is 12.4 Å². The Balaban J connectivity index is 2.29. The average Bonchev–Trinajstić information content (AvgIpc) is 2.44. The largest absolute Gasteiger partial charge is 0.492 e. The van der Waals surface area contributed by atoms with E-state index in [2.05, 4.69) is 15.9 Å². The molecule has 21 heavy (non-hydrogen) atoms. The van der Waals surface area contributed by atoms with E-state index in [1.807, 2.05) is 32.0 Å². The SMILES string of the molecule is CCCOc1ccc(C(=O)c2cc(C)cc(Cl)c2)cc1Br. The minimum atomic E-state index is -0.0525. The summed E-state index contributed by atoms with van der Waals surface area (Å²) in [6.07, 6.45) is 0.939. The van der Waals surface area contributed by atoms with Crippen LogP contribution in [0.15, 0.2) is 40.9 Å². The van der Waals surface area contributed by atoms with Gasteiger partial charge in [-0.15, -0.1) is 0 Å². The lowest BCUT2D eigenvalue weighted by Gasteiger charge is -2.09. The van der Waals surface area contributed by atoms with Crippen LogP contribution in [0.25, 0.3) is 0 Å². The third-order valence-corrected chi connectivity index (χ3v) is 3.80. The Kier molecular flexibility index (Phi) is 5.43. The molecule has 4 heteroatoms. The van der Waals surface area contributed by atoms with Gasteiger partial charge in [0.2, 0.25) is 0 Å². The van der Waals surface area contributed by atoms with Crippen molar-refractivity contribution in [3.05, 3.63) is 62.6 Å². The maximum absolute atomic E-state index is 12.5. The summed E-state index contributed by atoms with van der Waals surface area (Å²) in [7, 11) is 0. The van der Waals surface area contributed by atoms with Gasteiger partial charge in [-0.2, -0.15) is 0 Å². The van der Waals surface area contributed by atoms with Gasteiger partial charge in [0.05, 0.1) is 11.1 Å². The van der Waals surface area contributed by atoms with Crippen LogP contribution in [0.5, 0.6) is 5.75 Å². The summed E-state index contributed by atoms with van der Waals surface area (Å²) in [4.78, 5) is 12.5. The number of benzene rings is 2. The van der Waals surface area contributed by atoms with Crippen molar-refractivity contribution in [3.8, 4) is 5.75 Å². The van der Waals surface area contributed by atoms with E-state index in [9.17, 15) is 4.79 Å². The van der Waals surface area contributed by atoms with Crippen LogP contribution >= 0.6 is 27.5 Å². The standard InChI is InChI=1S/C17H16BrClO2/c1-3-6-21-16-5-4-12(10-15(16)18)17(20)13-7-11(2)8-14(19)9-13/h4-5,7-10H,3,6H2,1-2H3. The van der Waals surface area contributed by atoms with Crippen molar-refractivity contribution in [2.24, 2.45) is 0 Å². The van der Waals surface area contributed by atoms with Gasteiger partial charge < -0.3 is 4.74 Å². The number of halogens is 2. The van der Waals surface area contributed by atoms with Gasteiger partial charge in [0.1, 0.15) is 5.75 Å². The lowest BCUT2D eigenvalue weighted by atomic mass is 10.0. The molecule has 0 spiro atoms. The molecule has 0 unspecified atom stereocenters. The molecule has 0 radical (unpaired) electrons. The molecule has 0 aliphatic rings. The predicted octanol–water partition coefficient (Wildman–Crippen LogP) is 5.43. The zero-order valence-corrected chi connectivity index (χ0v) is 14.3. The molecule has 0 heterocycles. The number of ether oxygens (including phenoxy) is 1. The van der Waals surface area contributed by atoms with Crippen LogP contribution < -0.4 is 4.74 Å². The quantitative estimate of drug-likeness (QED) is 0.659. The summed E-state index contributed by atoms with van der Waals surface area (Å²) >= 11 is 9.46. The first-order chi connectivity index (χ1) is 10.0. The highest BCUT2D eigenvalue weighted by Crippen LogP contribution is 2.27. The number of aryl methyl sites for hydroxylation is 1. The molecule has 0 saturated heterocycles. The maximum atomic E-state index is 12.5. The first-order valence-electron chi connectivity index (χ1n) is 6.75. The second-order valence-electron chi connectivity index (χ2n) is 4.84. The molecule has 0 saturated carbocycles. The lowest BCUT2D eigenvalue weighted by Crippen LogP contribution is -2.03. The number of carbonyl (C=O) groups excluding carboxylic acids is 1. The van der Waals surface area contributed by atoms with Crippen molar-refractivity contribution in [1.29, 1.82) is 0 Å². The summed E-state index contributed by atoms with van der Waals surface area (Å²) in [6.45, 7) is 4.62. The van der Waals surface area contributed by atoms with Crippen molar-refractivity contribution >= 4 is 33.3 Å². The molecule has 0 fully saturated rings. The fourth-order valence-electron chi connectivity index (χ4n) is 2.01. The van der Waals surface area contributed by atoms with Crippen molar-refractivity contribution in [3.63, 3.8) is 0 Å². The van der Waals surface area contributed by atoms with Gasteiger partial charge in [0, 0.05) is 16.1 Å². The molecule has 0 aliphatic carbocycles. The van der Waals surface area contributed by atoms with Crippen LogP contribution in [0, 0.1) is 6.92 Å². The molecular formula is C17H16BrClO2. The Morgan fingerprint density at radius 1 is 1.19 bits per heavy atom. The number of hydrogen-bond donors (Lipinski definition) is 0. The average molecular weight is 368 g/mol. The Hall–Kier alpha value is -1.32. The molecule has 0 bridgehead atoms. The fraction of sp³-hybridized carbons (Fsp3) is 0.235. The highest BCUT2D eigenvalue weighted by Gasteiger charge is 2.12. The summed E-state index contributed by atoms with van der Waals surface area (Å²) in [5, 5.41) is 0.570. The number of rotatable bonds is 5. The fourth-order valence-corrected chi connectivity index (χ4v) is 2.79. The highest BCUT2D eigenvalue weighted by molar-refractivity contribution is 9.10. The molecule has 2 aromatic carbocycles. The van der Waals surface area contributed by atoms with E-state index in [0.29, 0.717) is 22.8 Å². The van der Waals surface area contributed by atoms with Gasteiger partial charge in [-0.05, 0) is 71.2 Å². The minimum Gasteiger partial charge on any atom is -0.492 e. The van der Waals surface area contributed by atoms with Crippen molar-refractivity contribution in [2.45, 2.75) is 20.3 Å². The molecule has 0 atom stereocenters. The highest BCUT2D eigenvalue weighted by atomic mass is 79.9. The number of ketones is 1. The van der Waals surface area contributed by atoms with Crippen molar-refractivity contribution < 1.29 is 9.53 Å². The van der Waals surface area contributed by atoms with Crippen LogP contribution in [0.4, 0.5) is 0 Å². The van der Waals surface area contributed by atoms with Crippen molar-refractivity contribution in [1.82, 2.24) is 0 Å². The van der Waals surface area contributed by atoms with E-state index in [1.54, 1.807) is 18.2 Å². The van der Waals surface area contributed by atoms with Gasteiger partial charge in [-0.3, -0.25) is 4.79 Å². The number of hydrogen-bond acceptors (Lipinski definition) is 2. The van der Waals surface area contributed by atoms with Crippen LogP contribution in [0.1, 0.15) is 34.8 Å². The van der Waals surface area contributed by atoms with E-state index in [1.165, 1.54) is 0 Å². The second-order valence-corrected chi connectivity index (χ2v) is 6.13. The molecule has 2 aromatic rings. The molecule has 2 nitrogen and oxygen atoms in total. The molecule has 2 rings (SSSR count). The lowest BCUT2D eigenvalue weighted by molar-refractivity contribution is 0.103. The van der Waals surface area contributed by atoms with Gasteiger partial charge in [0.25, 0.3) is 0 Å². The molecule has 0 aliphatic heterocycles. The molecular weight excluding hydrogens is 352 g/mol. The molecule has 0 aromatic heterocycles. The Labute approximate surface area is 138 Å². The summed E-state index contributed by atoms with van der Waals surface area (Å²) < 4.78 is 6.36. The number of carbonyl (C=O) groups is 1. The van der Waals surface area contributed by atoms with Crippen LogP contribution in [0.2, 0.25) is 5.02 Å². The van der Waals surface area contributed by atoms with E-state index in [0.717, 1.165) is 22.2 Å². The Morgan fingerprint density at radius 3 is 2.57 bits per heavy atom. The zero-order valence-electron chi connectivity index (χ0n) is 12.0.